The highest BCUT2D eigenvalue weighted by molar-refractivity contribution is 5.92. The van der Waals surface area contributed by atoms with Crippen LogP contribution in [-0.4, -0.2) is 38.2 Å². The van der Waals surface area contributed by atoms with Crippen LogP contribution in [0.1, 0.15) is 13.3 Å². The maximum atomic E-state index is 14.4. The molecule has 32 heavy (non-hydrogen) atoms. The van der Waals surface area contributed by atoms with E-state index in [1.165, 1.54) is 17.2 Å². The van der Waals surface area contributed by atoms with Gasteiger partial charge >= 0.3 is 0 Å². The van der Waals surface area contributed by atoms with Gasteiger partial charge in [0.25, 0.3) is 0 Å². The summed E-state index contributed by atoms with van der Waals surface area (Å²) in [6.07, 6.45) is 10.6. The zero-order valence-electron chi connectivity index (χ0n) is 17.7. The Kier molecular flexibility index (Phi) is 5.25. The number of benzene rings is 1. The lowest BCUT2D eigenvalue weighted by Gasteiger charge is -2.13. The number of hydrogen-bond donors (Lipinski definition) is 3. The Bertz CT molecular complexity index is 1470. The predicted octanol–water partition coefficient (Wildman–Crippen LogP) is 3.21. The monoisotopic (exact) mass is 426 g/mol. The summed E-state index contributed by atoms with van der Waals surface area (Å²) in [5.74, 6) is 0.250. The highest BCUT2D eigenvalue weighted by atomic mass is 19.1. The van der Waals surface area contributed by atoms with Crippen molar-refractivity contribution in [3.8, 4) is 22.6 Å². The molecule has 3 aromatic heterocycles. The molecule has 0 radical (unpaired) electrons. The second-order valence-electron chi connectivity index (χ2n) is 7.81. The van der Waals surface area contributed by atoms with E-state index < -0.39 is 0 Å². The highest BCUT2D eigenvalue weighted by Crippen LogP contribution is 2.29. The van der Waals surface area contributed by atoms with E-state index in [0.29, 0.717) is 33.7 Å². The fourth-order valence-corrected chi connectivity index (χ4v) is 3.93. The highest BCUT2D eigenvalue weighted by Gasteiger charge is 2.15. The van der Waals surface area contributed by atoms with Gasteiger partial charge in [-0.2, -0.15) is 5.10 Å². The van der Waals surface area contributed by atoms with Gasteiger partial charge in [0.05, 0.1) is 17.1 Å². The SMILES string of the molecule is C=c1c(-c2nc3c(-c4ccccc4F)cncc3[nH]2)n[nH]/c1=C/C=C(\C)C1=CCNCC1. The van der Waals surface area contributed by atoms with E-state index >= 15 is 0 Å². The van der Waals surface area contributed by atoms with E-state index in [1.807, 2.05) is 6.08 Å². The molecule has 7 heteroatoms. The van der Waals surface area contributed by atoms with Crippen LogP contribution in [0.4, 0.5) is 4.39 Å². The number of H-pyrrole nitrogens is 2. The third-order valence-electron chi connectivity index (χ3n) is 5.75. The van der Waals surface area contributed by atoms with Gasteiger partial charge in [-0.1, -0.05) is 36.9 Å². The molecule has 4 aromatic rings. The first-order valence-corrected chi connectivity index (χ1v) is 10.5. The van der Waals surface area contributed by atoms with Crippen LogP contribution in [0.25, 0.3) is 46.3 Å². The molecule has 6 nitrogen and oxygen atoms in total. The van der Waals surface area contributed by atoms with Crippen LogP contribution in [0.5, 0.6) is 0 Å². The van der Waals surface area contributed by atoms with Crippen molar-refractivity contribution in [1.29, 1.82) is 0 Å². The van der Waals surface area contributed by atoms with Crippen LogP contribution >= 0.6 is 0 Å². The van der Waals surface area contributed by atoms with Crippen LogP contribution in [0.2, 0.25) is 0 Å². The molecule has 4 heterocycles. The first-order valence-electron chi connectivity index (χ1n) is 10.5. The summed E-state index contributed by atoms with van der Waals surface area (Å²) in [5, 5.41) is 12.4. The van der Waals surface area contributed by atoms with Crippen LogP contribution in [-0.2, 0) is 0 Å². The van der Waals surface area contributed by atoms with Gasteiger partial charge in [-0.3, -0.25) is 10.1 Å². The number of nitrogens with one attached hydrogen (secondary N) is 3. The number of rotatable bonds is 4. The minimum atomic E-state index is -0.313. The molecule has 0 unspecified atom stereocenters. The van der Waals surface area contributed by atoms with E-state index in [0.717, 1.165) is 30.1 Å². The van der Waals surface area contributed by atoms with Crippen molar-refractivity contribution in [1.82, 2.24) is 30.5 Å². The standard InChI is InChI=1S/C25H23FN6/c1-15(17-9-11-27-12-10-17)7-8-21-16(2)23(32-31-21)25-29-22-14-28-13-19(24(22)30-25)18-5-3-4-6-20(18)26/h3-9,13-14,27,31H,2,10-12H2,1H3,(H,29,30)/b15-7+,21-8+. The van der Waals surface area contributed by atoms with Crippen molar-refractivity contribution in [2.24, 2.45) is 0 Å². The maximum absolute atomic E-state index is 14.4. The number of nitrogens with zero attached hydrogens (tertiary/aromatic N) is 3. The molecule has 0 aliphatic carbocycles. The lowest BCUT2D eigenvalue weighted by molar-refractivity contribution is 0.631. The molecule has 5 rings (SSSR count). The van der Waals surface area contributed by atoms with Crippen LogP contribution in [0.3, 0.4) is 0 Å². The number of allylic oxidation sites excluding steroid dienone is 2. The van der Waals surface area contributed by atoms with Crippen molar-refractivity contribution in [3.63, 3.8) is 0 Å². The van der Waals surface area contributed by atoms with Gasteiger partial charge in [-0.05, 0) is 43.2 Å². The molecule has 3 N–H and O–H groups in total. The van der Waals surface area contributed by atoms with Crippen molar-refractivity contribution < 1.29 is 4.39 Å². The van der Waals surface area contributed by atoms with Gasteiger partial charge < -0.3 is 10.3 Å². The van der Waals surface area contributed by atoms with E-state index in [9.17, 15) is 4.39 Å². The van der Waals surface area contributed by atoms with Gasteiger partial charge in [0, 0.05) is 29.1 Å². The van der Waals surface area contributed by atoms with Crippen molar-refractivity contribution in [2.45, 2.75) is 13.3 Å². The van der Waals surface area contributed by atoms with Gasteiger partial charge in [0.15, 0.2) is 5.82 Å². The van der Waals surface area contributed by atoms with Crippen molar-refractivity contribution in [2.75, 3.05) is 13.1 Å². The quantitative estimate of drug-likeness (QED) is 0.468. The first-order chi connectivity index (χ1) is 15.6. The largest absolute Gasteiger partial charge is 0.335 e. The molecule has 0 fully saturated rings. The second-order valence-corrected chi connectivity index (χ2v) is 7.81. The molecule has 0 saturated carbocycles. The van der Waals surface area contributed by atoms with Crippen LogP contribution in [0.15, 0.2) is 60.0 Å². The topological polar surface area (TPSA) is 82.3 Å². The summed E-state index contributed by atoms with van der Waals surface area (Å²) >= 11 is 0. The number of fused-ring (bicyclic) bond motifs is 1. The Morgan fingerprint density at radius 2 is 2.06 bits per heavy atom. The van der Waals surface area contributed by atoms with Crippen LogP contribution in [0, 0.1) is 5.82 Å². The van der Waals surface area contributed by atoms with E-state index in [2.05, 4.69) is 51.1 Å². The number of aromatic amines is 2. The molecular weight excluding hydrogens is 403 g/mol. The van der Waals surface area contributed by atoms with E-state index in [4.69, 9.17) is 4.98 Å². The number of imidazole rings is 1. The van der Waals surface area contributed by atoms with Gasteiger partial charge in [-0.25, -0.2) is 9.37 Å². The Labute approximate surface area is 184 Å². The summed E-state index contributed by atoms with van der Waals surface area (Å²) in [7, 11) is 0. The number of halogens is 1. The Morgan fingerprint density at radius 1 is 1.19 bits per heavy atom. The summed E-state index contributed by atoms with van der Waals surface area (Å²) < 4.78 is 14.4. The minimum Gasteiger partial charge on any atom is -0.335 e. The number of aromatic nitrogens is 5. The minimum absolute atomic E-state index is 0.313. The fraction of sp³-hybridized carbons (Fsp3) is 0.160. The Hall–Kier alpha value is -3.84. The second kappa shape index (κ2) is 8.36. The van der Waals surface area contributed by atoms with Crippen LogP contribution < -0.4 is 15.9 Å². The van der Waals surface area contributed by atoms with Gasteiger partial charge in [0.2, 0.25) is 0 Å². The average Bonchev–Trinajstić information content (AvgIpc) is 3.41. The summed E-state index contributed by atoms with van der Waals surface area (Å²) in [6, 6.07) is 6.61. The molecule has 1 aliphatic heterocycles. The molecule has 0 saturated heterocycles. The van der Waals surface area contributed by atoms with Crippen molar-refractivity contribution >= 4 is 23.7 Å². The third kappa shape index (κ3) is 3.67. The Balaban J connectivity index is 1.54. The molecule has 1 aliphatic rings. The van der Waals surface area contributed by atoms with E-state index in [1.54, 1.807) is 30.6 Å². The fourth-order valence-electron chi connectivity index (χ4n) is 3.93. The van der Waals surface area contributed by atoms with E-state index in [-0.39, 0.29) is 5.82 Å². The number of hydrogen-bond acceptors (Lipinski definition) is 4. The molecule has 0 bridgehead atoms. The van der Waals surface area contributed by atoms with Crippen molar-refractivity contribution in [3.05, 3.63) is 76.3 Å². The zero-order chi connectivity index (χ0) is 22.1. The lowest BCUT2D eigenvalue weighted by atomic mass is 10.0. The van der Waals surface area contributed by atoms with Gasteiger partial charge in [-0.15, -0.1) is 0 Å². The third-order valence-corrected chi connectivity index (χ3v) is 5.75. The summed E-state index contributed by atoms with van der Waals surface area (Å²) in [4.78, 5) is 12.2. The summed E-state index contributed by atoms with van der Waals surface area (Å²) in [6.45, 7) is 8.22. The molecular formula is C25H23FN6. The smallest absolute Gasteiger partial charge is 0.159 e. The first kappa shape index (κ1) is 20.1. The maximum Gasteiger partial charge on any atom is 0.159 e. The molecule has 0 spiro atoms. The normalized spacial score (nSPS) is 15.4. The number of pyridine rings is 1. The van der Waals surface area contributed by atoms with Gasteiger partial charge in [0.1, 0.15) is 17.0 Å². The molecule has 1 aromatic carbocycles. The molecule has 0 amide bonds. The Morgan fingerprint density at radius 3 is 2.88 bits per heavy atom. The summed E-state index contributed by atoms with van der Waals surface area (Å²) in [5.41, 5.74) is 5.65. The average molecular weight is 426 g/mol. The molecule has 0 atom stereocenters. The predicted molar refractivity (Wildman–Crippen MR) is 125 cm³/mol. The molecule has 160 valence electrons. The zero-order valence-corrected chi connectivity index (χ0v) is 17.7. The lowest BCUT2D eigenvalue weighted by Crippen LogP contribution is -2.22.